The van der Waals surface area contributed by atoms with Crippen molar-refractivity contribution in [3.63, 3.8) is 0 Å². The third-order valence-electron chi connectivity index (χ3n) is 7.70. The summed E-state index contributed by atoms with van der Waals surface area (Å²) in [4.78, 5) is 35.3. The highest BCUT2D eigenvalue weighted by molar-refractivity contribution is 5.98. The van der Waals surface area contributed by atoms with Gasteiger partial charge >= 0.3 is 0 Å². The normalized spacial score (nSPS) is 26.3. The van der Waals surface area contributed by atoms with Gasteiger partial charge in [-0.1, -0.05) is 34.1 Å². The number of hydrogen-bond donors (Lipinski definition) is 1. The highest BCUT2D eigenvalue weighted by atomic mass is 16.2. The predicted octanol–water partition coefficient (Wildman–Crippen LogP) is 4.39. The first-order chi connectivity index (χ1) is 15.5. The highest BCUT2D eigenvalue weighted by Crippen LogP contribution is 2.36. The van der Waals surface area contributed by atoms with Crippen molar-refractivity contribution in [3.8, 4) is 0 Å². The van der Waals surface area contributed by atoms with Crippen LogP contribution in [0.5, 0.6) is 0 Å². The van der Waals surface area contributed by atoms with E-state index < -0.39 is 6.04 Å². The minimum atomic E-state index is -0.429. The molecule has 0 bridgehead atoms. The largest absolute Gasteiger partial charge is 0.340 e. The summed E-state index contributed by atoms with van der Waals surface area (Å²) in [5.41, 5.74) is 1.31. The summed E-state index contributed by atoms with van der Waals surface area (Å²) in [6, 6.07) is 4.57. The third-order valence-corrected chi connectivity index (χ3v) is 7.70. The monoisotopic (exact) mass is 456 g/mol. The topological polar surface area (TPSA) is 65.5 Å². The molecule has 1 aromatic rings. The standard InChI is InChI=1S/C27H44N4O2/c1-8-9-19-16-21(30(7)18(2)3)10-11-23(19)31-15-13-22(26(31)33)29-25(32)20-12-14-28-24(17-20)27(4,5)6/h12,14,17-19,21-23H,8-11,13,15-16H2,1-7H3,(H,29,32)/t19-,21-,22?,23+/m1/s1. The van der Waals surface area contributed by atoms with E-state index in [1.54, 1.807) is 12.3 Å². The van der Waals surface area contributed by atoms with Gasteiger partial charge in [-0.25, -0.2) is 0 Å². The van der Waals surface area contributed by atoms with Crippen LogP contribution in [0.1, 0.15) is 96.1 Å². The van der Waals surface area contributed by atoms with E-state index in [0.29, 0.717) is 36.0 Å². The van der Waals surface area contributed by atoms with Crippen molar-refractivity contribution in [2.24, 2.45) is 5.92 Å². The van der Waals surface area contributed by atoms with Gasteiger partial charge in [0.2, 0.25) is 5.91 Å². The van der Waals surface area contributed by atoms with Crippen LogP contribution in [-0.2, 0) is 10.2 Å². The Balaban J connectivity index is 1.66. The first kappa shape index (κ1) is 25.7. The van der Waals surface area contributed by atoms with Crippen LogP contribution in [0.25, 0.3) is 0 Å². The van der Waals surface area contributed by atoms with Crippen molar-refractivity contribution >= 4 is 11.8 Å². The summed E-state index contributed by atoms with van der Waals surface area (Å²) >= 11 is 0. The molecule has 2 fully saturated rings. The van der Waals surface area contributed by atoms with Crippen molar-refractivity contribution in [2.75, 3.05) is 13.6 Å². The number of pyridine rings is 1. The SMILES string of the molecule is CCC[C@@H]1C[C@H](N(C)C(C)C)CC[C@@H]1N1CCC(NC(=O)c2ccnc(C(C)(C)C)c2)C1=O. The quantitative estimate of drug-likeness (QED) is 0.661. The molecular weight excluding hydrogens is 412 g/mol. The molecule has 1 aliphatic heterocycles. The minimum absolute atomic E-state index is 0.0928. The Bertz CT molecular complexity index is 832. The fourth-order valence-corrected chi connectivity index (χ4v) is 5.49. The van der Waals surface area contributed by atoms with Crippen molar-refractivity contribution in [2.45, 2.75) is 110 Å². The van der Waals surface area contributed by atoms with Crippen LogP contribution >= 0.6 is 0 Å². The Morgan fingerprint density at radius 3 is 2.64 bits per heavy atom. The summed E-state index contributed by atoms with van der Waals surface area (Å²) in [6.07, 6.45) is 8.00. The molecule has 6 nitrogen and oxygen atoms in total. The number of carbonyl (C=O) groups excluding carboxylic acids is 2. The van der Waals surface area contributed by atoms with Gasteiger partial charge in [0.15, 0.2) is 0 Å². The minimum Gasteiger partial charge on any atom is -0.340 e. The number of nitrogens with one attached hydrogen (secondary N) is 1. The summed E-state index contributed by atoms with van der Waals surface area (Å²) in [5, 5.41) is 3.02. The molecule has 3 rings (SSSR count). The van der Waals surface area contributed by atoms with E-state index in [0.717, 1.165) is 44.3 Å². The van der Waals surface area contributed by atoms with Gasteiger partial charge in [0.05, 0.1) is 0 Å². The molecule has 1 saturated carbocycles. The number of nitrogens with zero attached hydrogens (tertiary/aromatic N) is 3. The molecule has 2 heterocycles. The van der Waals surface area contributed by atoms with Gasteiger partial charge in [0.25, 0.3) is 5.91 Å². The Hall–Kier alpha value is -1.95. The molecule has 2 aliphatic rings. The summed E-state index contributed by atoms with van der Waals surface area (Å²) in [7, 11) is 2.23. The van der Waals surface area contributed by atoms with Gasteiger partial charge < -0.3 is 15.1 Å². The van der Waals surface area contributed by atoms with Crippen LogP contribution in [0.15, 0.2) is 18.3 Å². The van der Waals surface area contributed by atoms with Crippen molar-refractivity contribution in [1.82, 2.24) is 20.1 Å². The molecule has 1 unspecified atom stereocenters. The van der Waals surface area contributed by atoms with Crippen LogP contribution in [-0.4, -0.2) is 64.4 Å². The molecular formula is C27H44N4O2. The molecule has 1 N–H and O–H groups in total. The summed E-state index contributed by atoms with van der Waals surface area (Å²) in [5.74, 6) is 0.439. The zero-order chi connectivity index (χ0) is 24.3. The molecule has 0 radical (unpaired) electrons. The second-order valence-electron chi connectivity index (χ2n) is 11.4. The number of aromatic nitrogens is 1. The van der Waals surface area contributed by atoms with E-state index >= 15 is 0 Å². The molecule has 0 spiro atoms. The first-order valence-corrected chi connectivity index (χ1v) is 12.8. The Morgan fingerprint density at radius 1 is 1.27 bits per heavy atom. The fourth-order valence-electron chi connectivity index (χ4n) is 5.49. The van der Waals surface area contributed by atoms with E-state index in [-0.39, 0.29) is 17.2 Å². The molecule has 33 heavy (non-hydrogen) atoms. The maximum absolute atomic E-state index is 13.4. The second-order valence-corrected chi connectivity index (χ2v) is 11.4. The Morgan fingerprint density at radius 2 is 2.00 bits per heavy atom. The Kier molecular flexibility index (Phi) is 8.20. The Labute approximate surface area is 200 Å². The number of amides is 2. The first-order valence-electron chi connectivity index (χ1n) is 12.8. The van der Waals surface area contributed by atoms with Crippen LogP contribution in [0.3, 0.4) is 0 Å². The van der Waals surface area contributed by atoms with E-state index in [2.05, 4.69) is 68.7 Å². The zero-order valence-corrected chi connectivity index (χ0v) is 21.7. The van der Waals surface area contributed by atoms with Gasteiger partial charge in [-0.05, 0) is 71.0 Å². The number of likely N-dealkylation sites (tertiary alicyclic amines) is 1. The molecule has 1 aromatic heterocycles. The average molecular weight is 457 g/mol. The van der Waals surface area contributed by atoms with Crippen LogP contribution in [0, 0.1) is 5.92 Å². The molecule has 1 saturated heterocycles. The molecule has 184 valence electrons. The lowest BCUT2D eigenvalue weighted by Crippen LogP contribution is -2.51. The second kappa shape index (κ2) is 10.5. The van der Waals surface area contributed by atoms with Gasteiger partial charge in [-0.15, -0.1) is 0 Å². The lowest BCUT2D eigenvalue weighted by molar-refractivity contribution is -0.133. The number of hydrogen-bond acceptors (Lipinski definition) is 4. The van der Waals surface area contributed by atoms with Crippen LogP contribution in [0.4, 0.5) is 0 Å². The maximum Gasteiger partial charge on any atom is 0.252 e. The van der Waals surface area contributed by atoms with E-state index in [1.807, 2.05) is 6.07 Å². The predicted molar refractivity (Wildman–Crippen MR) is 133 cm³/mol. The van der Waals surface area contributed by atoms with Crippen LogP contribution < -0.4 is 5.32 Å². The number of rotatable bonds is 7. The van der Waals surface area contributed by atoms with E-state index in [4.69, 9.17) is 0 Å². The smallest absolute Gasteiger partial charge is 0.252 e. The van der Waals surface area contributed by atoms with Crippen molar-refractivity contribution in [3.05, 3.63) is 29.6 Å². The van der Waals surface area contributed by atoms with Gasteiger partial charge in [-0.3, -0.25) is 14.6 Å². The van der Waals surface area contributed by atoms with Gasteiger partial charge in [-0.2, -0.15) is 0 Å². The fraction of sp³-hybridized carbons (Fsp3) is 0.741. The molecule has 2 amide bonds. The zero-order valence-electron chi connectivity index (χ0n) is 21.7. The lowest BCUT2D eigenvalue weighted by atomic mass is 9.77. The summed E-state index contributed by atoms with van der Waals surface area (Å²) in [6.45, 7) is 13.7. The molecule has 1 aliphatic carbocycles. The highest BCUT2D eigenvalue weighted by Gasteiger charge is 2.42. The van der Waals surface area contributed by atoms with E-state index in [1.165, 1.54) is 0 Å². The number of carbonyl (C=O) groups is 2. The average Bonchev–Trinajstić information content (AvgIpc) is 3.12. The van der Waals surface area contributed by atoms with E-state index in [9.17, 15) is 9.59 Å². The van der Waals surface area contributed by atoms with Gasteiger partial charge in [0.1, 0.15) is 6.04 Å². The summed E-state index contributed by atoms with van der Waals surface area (Å²) < 4.78 is 0. The van der Waals surface area contributed by atoms with Crippen molar-refractivity contribution < 1.29 is 9.59 Å². The van der Waals surface area contributed by atoms with Crippen LogP contribution in [0.2, 0.25) is 0 Å². The third kappa shape index (κ3) is 5.95. The van der Waals surface area contributed by atoms with Crippen molar-refractivity contribution in [1.29, 1.82) is 0 Å². The molecule has 0 aromatic carbocycles. The molecule has 4 atom stereocenters. The van der Waals surface area contributed by atoms with Gasteiger partial charge in [0, 0.05) is 47.5 Å². The molecule has 6 heteroatoms. The maximum atomic E-state index is 13.4. The lowest BCUT2D eigenvalue weighted by Gasteiger charge is -2.44.